The number of hydrogen-bond donors (Lipinski definition) is 1. The van der Waals surface area contributed by atoms with Crippen molar-refractivity contribution in [1.29, 1.82) is 0 Å². The average Bonchev–Trinajstić information content (AvgIpc) is 2.82. The third-order valence-electron chi connectivity index (χ3n) is 2.29. The fourth-order valence-corrected chi connectivity index (χ4v) is 1.40. The zero-order valence-corrected chi connectivity index (χ0v) is 9.24. The van der Waals surface area contributed by atoms with Crippen molar-refractivity contribution in [2.45, 2.75) is 12.6 Å². The molecule has 0 unspecified atom stereocenters. The van der Waals surface area contributed by atoms with Gasteiger partial charge in [0.2, 0.25) is 5.89 Å². The summed E-state index contributed by atoms with van der Waals surface area (Å²) in [5, 5.41) is 6.41. The Labute approximate surface area is 101 Å². The lowest BCUT2D eigenvalue weighted by molar-refractivity contribution is -0.137. The molecule has 0 aliphatic carbocycles. The fourth-order valence-electron chi connectivity index (χ4n) is 1.40. The molecule has 0 saturated carbocycles. The second kappa shape index (κ2) is 5.07. The van der Waals surface area contributed by atoms with Crippen LogP contribution in [0.2, 0.25) is 0 Å². The average molecular weight is 257 g/mol. The van der Waals surface area contributed by atoms with Crippen molar-refractivity contribution in [2.75, 3.05) is 11.9 Å². The predicted octanol–water partition coefficient (Wildman–Crippen LogP) is 2.74. The minimum Gasteiger partial charge on any atom is -0.385 e. The van der Waals surface area contributed by atoms with E-state index in [2.05, 4.69) is 15.5 Å². The van der Waals surface area contributed by atoms with E-state index in [1.54, 1.807) is 0 Å². The summed E-state index contributed by atoms with van der Waals surface area (Å²) in [7, 11) is 0. The van der Waals surface area contributed by atoms with Gasteiger partial charge in [-0.1, -0.05) is 5.16 Å². The summed E-state index contributed by atoms with van der Waals surface area (Å²) in [5.41, 5.74) is -0.0486. The number of benzene rings is 1. The Kier molecular flexibility index (Phi) is 3.50. The molecule has 1 aromatic carbocycles. The van der Waals surface area contributed by atoms with Crippen LogP contribution >= 0.6 is 0 Å². The Morgan fingerprint density at radius 1 is 1.17 bits per heavy atom. The monoisotopic (exact) mass is 257 g/mol. The van der Waals surface area contributed by atoms with Crippen LogP contribution in [0.4, 0.5) is 18.9 Å². The van der Waals surface area contributed by atoms with E-state index in [0.29, 0.717) is 24.5 Å². The Morgan fingerprint density at radius 2 is 1.89 bits per heavy atom. The highest BCUT2D eigenvalue weighted by molar-refractivity contribution is 5.45. The smallest absolute Gasteiger partial charge is 0.385 e. The van der Waals surface area contributed by atoms with Crippen LogP contribution in [0.5, 0.6) is 0 Å². The maximum atomic E-state index is 12.3. The lowest BCUT2D eigenvalue weighted by Crippen LogP contribution is -2.07. The van der Waals surface area contributed by atoms with Crippen LogP contribution < -0.4 is 5.32 Å². The topological polar surface area (TPSA) is 51.0 Å². The van der Waals surface area contributed by atoms with Crippen molar-refractivity contribution in [3.05, 3.63) is 42.0 Å². The molecule has 1 heterocycles. The van der Waals surface area contributed by atoms with Crippen molar-refractivity contribution in [3.8, 4) is 0 Å². The van der Waals surface area contributed by atoms with Gasteiger partial charge in [-0.05, 0) is 24.3 Å². The van der Waals surface area contributed by atoms with E-state index in [1.165, 1.54) is 18.5 Å². The molecule has 1 aromatic heterocycles. The molecular weight excluding hydrogens is 247 g/mol. The second-order valence-corrected chi connectivity index (χ2v) is 3.59. The van der Waals surface area contributed by atoms with Crippen LogP contribution in [0.3, 0.4) is 0 Å². The molecule has 0 radical (unpaired) electrons. The van der Waals surface area contributed by atoms with Gasteiger partial charge in [0.05, 0.1) is 5.56 Å². The molecule has 2 rings (SSSR count). The Bertz CT molecular complexity index is 479. The van der Waals surface area contributed by atoms with E-state index in [4.69, 9.17) is 4.52 Å². The van der Waals surface area contributed by atoms with E-state index < -0.39 is 11.7 Å². The van der Waals surface area contributed by atoms with Gasteiger partial charge >= 0.3 is 6.18 Å². The van der Waals surface area contributed by atoms with Crippen LogP contribution in [0.1, 0.15) is 11.5 Å². The summed E-state index contributed by atoms with van der Waals surface area (Å²) < 4.78 is 41.7. The summed E-state index contributed by atoms with van der Waals surface area (Å²) in [5.74, 6) is 0.481. The van der Waals surface area contributed by atoms with Gasteiger partial charge in [-0.15, -0.1) is 0 Å². The molecule has 96 valence electrons. The summed E-state index contributed by atoms with van der Waals surface area (Å²) >= 11 is 0. The lowest BCUT2D eigenvalue weighted by atomic mass is 10.2. The molecule has 18 heavy (non-hydrogen) atoms. The minimum absolute atomic E-state index is 0.481. The molecule has 0 amide bonds. The third-order valence-corrected chi connectivity index (χ3v) is 2.29. The van der Waals surface area contributed by atoms with Crippen LogP contribution in [0, 0.1) is 0 Å². The standard InChI is InChI=1S/C11H10F3N3O/c12-11(13,14)8-1-3-9(4-2-8)15-6-5-10-16-7-17-18-10/h1-4,7,15H,5-6H2. The first kappa shape index (κ1) is 12.4. The number of hydrogen-bond acceptors (Lipinski definition) is 4. The zero-order valence-electron chi connectivity index (χ0n) is 9.24. The highest BCUT2D eigenvalue weighted by Crippen LogP contribution is 2.29. The van der Waals surface area contributed by atoms with Gasteiger partial charge in [-0.2, -0.15) is 18.2 Å². The number of nitrogens with zero attached hydrogens (tertiary/aromatic N) is 2. The summed E-state index contributed by atoms with van der Waals surface area (Å²) in [6.45, 7) is 0.507. The van der Waals surface area contributed by atoms with Crippen LogP contribution in [-0.4, -0.2) is 16.7 Å². The molecule has 0 aliphatic rings. The van der Waals surface area contributed by atoms with Crippen LogP contribution in [0.25, 0.3) is 0 Å². The Morgan fingerprint density at radius 3 is 2.44 bits per heavy atom. The van der Waals surface area contributed by atoms with E-state index in [0.717, 1.165) is 12.1 Å². The Hall–Kier alpha value is -2.05. The van der Waals surface area contributed by atoms with Gasteiger partial charge in [0.1, 0.15) is 0 Å². The van der Waals surface area contributed by atoms with Crippen LogP contribution in [-0.2, 0) is 12.6 Å². The first-order valence-electron chi connectivity index (χ1n) is 5.22. The lowest BCUT2D eigenvalue weighted by Gasteiger charge is -2.08. The van der Waals surface area contributed by atoms with Crippen molar-refractivity contribution in [2.24, 2.45) is 0 Å². The number of nitrogens with one attached hydrogen (secondary N) is 1. The van der Waals surface area contributed by atoms with Crippen molar-refractivity contribution in [3.63, 3.8) is 0 Å². The number of rotatable bonds is 4. The molecule has 0 fully saturated rings. The molecule has 0 saturated heterocycles. The summed E-state index contributed by atoms with van der Waals surface area (Å²) in [4.78, 5) is 3.83. The van der Waals surface area contributed by atoms with Crippen molar-refractivity contribution in [1.82, 2.24) is 10.1 Å². The molecule has 0 spiro atoms. The van der Waals surface area contributed by atoms with Gasteiger partial charge in [0.15, 0.2) is 6.33 Å². The largest absolute Gasteiger partial charge is 0.416 e. The Balaban J connectivity index is 1.87. The number of aromatic nitrogens is 2. The van der Waals surface area contributed by atoms with E-state index in [-0.39, 0.29) is 0 Å². The molecule has 7 heteroatoms. The van der Waals surface area contributed by atoms with Crippen LogP contribution in [0.15, 0.2) is 35.1 Å². The highest BCUT2D eigenvalue weighted by atomic mass is 19.4. The van der Waals surface area contributed by atoms with E-state index >= 15 is 0 Å². The van der Waals surface area contributed by atoms with Gasteiger partial charge in [0, 0.05) is 18.7 Å². The number of anilines is 1. The fraction of sp³-hybridized carbons (Fsp3) is 0.273. The van der Waals surface area contributed by atoms with E-state index in [1.807, 2.05) is 0 Å². The normalized spacial score (nSPS) is 11.5. The summed E-state index contributed by atoms with van der Waals surface area (Å²) in [6.07, 6.45) is -2.49. The maximum Gasteiger partial charge on any atom is 0.416 e. The second-order valence-electron chi connectivity index (χ2n) is 3.59. The molecule has 0 bridgehead atoms. The quantitative estimate of drug-likeness (QED) is 0.915. The minimum atomic E-state index is -4.30. The van der Waals surface area contributed by atoms with E-state index in [9.17, 15) is 13.2 Å². The van der Waals surface area contributed by atoms with Crippen molar-refractivity contribution < 1.29 is 17.7 Å². The maximum absolute atomic E-state index is 12.3. The molecule has 0 aliphatic heterocycles. The predicted molar refractivity (Wildman–Crippen MR) is 57.9 cm³/mol. The number of alkyl halides is 3. The van der Waals surface area contributed by atoms with Gasteiger partial charge in [-0.25, -0.2) is 0 Å². The SMILES string of the molecule is FC(F)(F)c1ccc(NCCc2ncno2)cc1. The first-order chi connectivity index (χ1) is 8.55. The molecule has 2 aromatic rings. The first-order valence-corrected chi connectivity index (χ1v) is 5.22. The van der Waals surface area contributed by atoms with Crippen molar-refractivity contribution >= 4 is 5.69 Å². The molecule has 1 N–H and O–H groups in total. The van der Waals surface area contributed by atoms with Gasteiger partial charge in [-0.3, -0.25) is 0 Å². The highest BCUT2D eigenvalue weighted by Gasteiger charge is 2.29. The zero-order chi connectivity index (χ0) is 13.0. The summed E-state index contributed by atoms with van der Waals surface area (Å²) in [6, 6.07) is 4.84. The third kappa shape index (κ3) is 3.22. The molecular formula is C11H10F3N3O. The molecule has 4 nitrogen and oxygen atoms in total. The van der Waals surface area contributed by atoms with Gasteiger partial charge in [0.25, 0.3) is 0 Å². The molecule has 0 atom stereocenters. The van der Waals surface area contributed by atoms with Gasteiger partial charge < -0.3 is 9.84 Å². The number of halogens is 3.